The predicted octanol–water partition coefficient (Wildman–Crippen LogP) is 4.45. The first kappa shape index (κ1) is 30.7. The molecule has 0 aromatic heterocycles. The molecule has 0 fully saturated rings. The Bertz CT molecular complexity index is 1410. The molecular formula is C30H35F2N3O4S. The van der Waals surface area contributed by atoms with Crippen molar-refractivity contribution in [2.75, 3.05) is 23.7 Å². The molecule has 1 atom stereocenters. The molecule has 7 nitrogen and oxygen atoms in total. The molecule has 0 aliphatic rings. The molecule has 214 valence electrons. The number of carbonyl (C=O) groups excluding carboxylic acids is 2. The highest BCUT2D eigenvalue weighted by molar-refractivity contribution is 7.92. The second-order valence-electron chi connectivity index (χ2n) is 10.2. The Balaban J connectivity index is 2.05. The van der Waals surface area contributed by atoms with E-state index in [1.807, 2.05) is 75.4 Å². The lowest BCUT2D eigenvalue weighted by Crippen LogP contribution is -2.53. The van der Waals surface area contributed by atoms with E-state index >= 15 is 0 Å². The summed E-state index contributed by atoms with van der Waals surface area (Å²) in [6.45, 7) is 5.54. The van der Waals surface area contributed by atoms with Crippen molar-refractivity contribution in [3.63, 3.8) is 0 Å². The molecule has 10 heteroatoms. The summed E-state index contributed by atoms with van der Waals surface area (Å²) in [5.41, 5.74) is 2.37. The fraction of sp³-hybridized carbons (Fsp3) is 0.333. The van der Waals surface area contributed by atoms with Crippen LogP contribution in [0.3, 0.4) is 0 Å². The maximum absolute atomic E-state index is 14.0. The van der Waals surface area contributed by atoms with Crippen molar-refractivity contribution in [1.82, 2.24) is 10.2 Å². The van der Waals surface area contributed by atoms with E-state index in [1.54, 1.807) is 0 Å². The molecule has 2 amide bonds. The minimum absolute atomic E-state index is 0.0289. The summed E-state index contributed by atoms with van der Waals surface area (Å²) in [7, 11) is -4.08. The van der Waals surface area contributed by atoms with E-state index in [-0.39, 0.29) is 30.5 Å². The molecular weight excluding hydrogens is 536 g/mol. The summed E-state index contributed by atoms with van der Waals surface area (Å²) in [6, 6.07) is 18.3. The van der Waals surface area contributed by atoms with Gasteiger partial charge in [0.1, 0.15) is 12.6 Å². The number of amides is 2. The van der Waals surface area contributed by atoms with Gasteiger partial charge in [0.15, 0.2) is 11.6 Å². The van der Waals surface area contributed by atoms with E-state index in [0.29, 0.717) is 10.8 Å². The van der Waals surface area contributed by atoms with Crippen LogP contribution >= 0.6 is 0 Å². The summed E-state index contributed by atoms with van der Waals surface area (Å²) >= 11 is 0. The van der Waals surface area contributed by atoms with E-state index in [9.17, 15) is 26.8 Å². The highest BCUT2D eigenvalue weighted by Crippen LogP contribution is 2.22. The van der Waals surface area contributed by atoms with E-state index in [4.69, 9.17) is 0 Å². The standard InChI is InChI=1S/C30H35F2N3O4S/c1-21(2)18-33-30(37)28(16-23-8-6-5-7-9-23)34(19-24-12-10-22(3)11-13-24)29(36)20-35(40(4,38)39)25-14-15-26(31)27(32)17-25/h5-15,17,21,28H,16,18-20H2,1-4H3,(H,33,37)/t28-/m1/s1. The fourth-order valence-corrected chi connectivity index (χ4v) is 4.96. The van der Waals surface area contributed by atoms with Crippen molar-refractivity contribution in [1.29, 1.82) is 0 Å². The highest BCUT2D eigenvalue weighted by atomic mass is 32.2. The summed E-state index contributed by atoms with van der Waals surface area (Å²) in [6.07, 6.45) is 1.06. The quantitative estimate of drug-likeness (QED) is 0.348. The van der Waals surface area contributed by atoms with Gasteiger partial charge in [-0.2, -0.15) is 0 Å². The van der Waals surface area contributed by atoms with Gasteiger partial charge in [-0.1, -0.05) is 74.0 Å². The van der Waals surface area contributed by atoms with Crippen LogP contribution in [0.25, 0.3) is 0 Å². The van der Waals surface area contributed by atoms with Gasteiger partial charge in [-0.3, -0.25) is 13.9 Å². The first-order chi connectivity index (χ1) is 18.8. The number of rotatable bonds is 12. The number of aryl methyl sites for hydroxylation is 1. The molecule has 1 N–H and O–H groups in total. The molecule has 3 aromatic carbocycles. The van der Waals surface area contributed by atoms with Gasteiger partial charge in [-0.15, -0.1) is 0 Å². The number of hydrogen-bond donors (Lipinski definition) is 1. The summed E-state index contributed by atoms with van der Waals surface area (Å²) < 4.78 is 53.8. The zero-order valence-corrected chi connectivity index (χ0v) is 23.9. The maximum atomic E-state index is 14.0. The number of nitrogens with one attached hydrogen (secondary N) is 1. The van der Waals surface area contributed by atoms with E-state index in [0.717, 1.165) is 41.1 Å². The Morgan fingerprint density at radius 2 is 1.55 bits per heavy atom. The minimum atomic E-state index is -4.08. The molecule has 40 heavy (non-hydrogen) atoms. The van der Waals surface area contributed by atoms with Crippen LogP contribution in [0.2, 0.25) is 0 Å². The molecule has 0 spiro atoms. The van der Waals surface area contributed by atoms with Crippen LogP contribution in [0, 0.1) is 24.5 Å². The number of carbonyl (C=O) groups is 2. The Hall–Kier alpha value is -3.79. The third kappa shape index (κ3) is 8.61. The van der Waals surface area contributed by atoms with Crippen molar-refractivity contribution < 1.29 is 26.8 Å². The Kier molecular flexibility index (Phi) is 10.4. The molecule has 0 saturated carbocycles. The lowest BCUT2D eigenvalue weighted by molar-refractivity contribution is -0.140. The summed E-state index contributed by atoms with van der Waals surface area (Å²) in [4.78, 5) is 28.8. The largest absolute Gasteiger partial charge is 0.354 e. The van der Waals surface area contributed by atoms with Crippen LogP contribution in [0.15, 0.2) is 72.8 Å². The van der Waals surface area contributed by atoms with Gasteiger partial charge in [0.25, 0.3) is 0 Å². The van der Waals surface area contributed by atoms with Crippen LogP contribution in [-0.2, 0) is 32.6 Å². The van der Waals surface area contributed by atoms with Crippen molar-refractivity contribution >= 4 is 27.5 Å². The SMILES string of the molecule is Cc1ccc(CN(C(=O)CN(c2ccc(F)c(F)c2)S(C)(=O)=O)[C@H](Cc2ccccc2)C(=O)NCC(C)C)cc1. The zero-order valence-electron chi connectivity index (χ0n) is 23.1. The molecule has 0 heterocycles. The van der Waals surface area contributed by atoms with Gasteiger partial charge >= 0.3 is 0 Å². The van der Waals surface area contributed by atoms with Crippen LogP contribution in [0.5, 0.6) is 0 Å². The predicted molar refractivity (Wildman–Crippen MR) is 152 cm³/mol. The smallest absolute Gasteiger partial charge is 0.244 e. The first-order valence-electron chi connectivity index (χ1n) is 12.9. The van der Waals surface area contributed by atoms with Crippen LogP contribution in [0.1, 0.15) is 30.5 Å². The van der Waals surface area contributed by atoms with E-state index < -0.39 is 40.2 Å². The number of anilines is 1. The number of halogens is 2. The van der Waals surface area contributed by atoms with Gasteiger partial charge in [0, 0.05) is 25.6 Å². The Morgan fingerprint density at radius 1 is 0.900 bits per heavy atom. The second kappa shape index (κ2) is 13.5. The first-order valence-corrected chi connectivity index (χ1v) is 14.8. The van der Waals surface area contributed by atoms with Crippen molar-refractivity contribution in [2.45, 2.75) is 39.8 Å². The molecule has 3 rings (SSSR count). The van der Waals surface area contributed by atoms with Crippen LogP contribution in [-0.4, -0.2) is 50.5 Å². The Morgan fingerprint density at radius 3 is 2.12 bits per heavy atom. The minimum Gasteiger partial charge on any atom is -0.354 e. The monoisotopic (exact) mass is 571 g/mol. The van der Waals surface area contributed by atoms with Gasteiger partial charge in [-0.05, 0) is 36.1 Å². The van der Waals surface area contributed by atoms with Gasteiger partial charge in [-0.25, -0.2) is 17.2 Å². The molecule has 0 saturated heterocycles. The van der Waals surface area contributed by atoms with Crippen molar-refractivity contribution in [2.24, 2.45) is 5.92 Å². The van der Waals surface area contributed by atoms with E-state index in [2.05, 4.69) is 5.32 Å². The lowest BCUT2D eigenvalue weighted by atomic mass is 10.0. The van der Waals surface area contributed by atoms with Crippen LogP contribution < -0.4 is 9.62 Å². The van der Waals surface area contributed by atoms with Gasteiger partial charge < -0.3 is 10.2 Å². The average Bonchev–Trinajstić information content (AvgIpc) is 2.90. The average molecular weight is 572 g/mol. The second-order valence-corrected chi connectivity index (χ2v) is 12.1. The highest BCUT2D eigenvalue weighted by Gasteiger charge is 2.33. The Labute approximate surface area is 234 Å². The topological polar surface area (TPSA) is 86.8 Å². The third-order valence-electron chi connectivity index (χ3n) is 6.30. The number of hydrogen-bond acceptors (Lipinski definition) is 4. The summed E-state index contributed by atoms with van der Waals surface area (Å²) in [5.74, 6) is -3.27. The zero-order chi connectivity index (χ0) is 29.4. The number of sulfonamides is 1. The van der Waals surface area contributed by atoms with Crippen molar-refractivity contribution in [3.8, 4) is 0 Å². The lowest BCUT2D eigenvalue weighted by Gasteiger charge is -2.33. The van der Waals surface area contributed by atoms with Crippen LogP contribution in [0.4, 0.5) is 14.5 Å². The molecule has 0 aliphatic carbocycles. The van der Waals surface area contributed by atoms with Gasteiger partial charge in [0.05, 0.1) is 11.9 Å². The maximum Gasteiger partial charge on any atom is 0.244 e. The van der Waals surface area contributed by atoms with Crippen molar-refractivity contribution in [3.05, 3.63) is 101 Å². The third-order valence-corrected chi connectivity index (χ3v) is 7.44. The normalized spacial score (nSPS) is 12.2. The molecule has 0 aliphatic heterocycles. The number of nitrogens with zero attached hydrogens (tertiary/aromatic N) is 2. The number of benzene rings is 3. The molecule has 0 unspecified atom stereocenters. The van der Waals surface area contributed by atoms with E-state index in [1.165, 1.54) is 4.90 Å². The molecule has 0 bridgehead atoms. The molecule has 0 radical (unpaired) electrons. The summed E-state index contributed by atoms with van der Waals surface area (Å²) in [5, 5.41) is 2.91. The fourth-order valence-electron chi connectivity index (χ4n) is 4.12. The molecule has 3 aromatic rings. The van der Waals surface area contributed by atoms with Gasteiger partial charge in [0.2, 0.25) is 21.8 Å².